The number of rotatable bonds is 4. The smallest absolute Gasteiger partial charge is 0.103 e. The summed E-state index contributed by atoms with van der Waals surface area (Å²) in [6.07, 6.45) is 14.7. The lowest BCUT2D eigenvalue weighted by Crippen LogP contribution is -2.31. The maximum absolute atomic E-state index is 6.45. The maximum atomic E-state index is 6.45. The molecule has 3 heteroatoms. The summed E-state index contributed by atoms with van der Waals surface area (Å²) in [5.74, 6) is 0.802. The Kier molecular flexibility index (Phi) is 4.96. The zero-order valence-corrected chi connectivity index (χ0v) is 15.5. The Morgan fingerprint density at radius 2 is 1.68 bits per heavy atom. The molecule has 0 N–H and O–H groups in total. The molecule has 0 unspecified atom stereocenters. The summed E-state index contributed by atoms with van der Waals surface area (Å²) in [6.45, 7) is 11.1. The summed E-state index contributed by atoms with van der Waals surface area (Å²) < 4.78 is 12.7. The van der Waals surface area contributed by atoms with Crippen LogP contribution in [0.1, 0.15) is 44.9 Å². The standard InChI is InChI=1S/C19H32O2Si/c1-5-15-19(22(2,3)4)13-18(20-15)17-12-11-16(21-17)14-9-7-6-8-10-14/h5,13-18H,1,6-12H2,2-4H3/t15-,16+,17+,18+/m0/s1. The monoisotopic (exact) mass is 320 g/mol. The summed E-state index contributed by atoms with van der Waals surface area (Å²) in [4.78, 5) is 0. The first-order valence-corrected chi connectivity index (χ1v) is 12.6. The first kappa shape index (κ1) is 16.5. The molecule has 3 aliphatic rings. The van der Waals surface area contributed by atoms with Crippen molar-refractivity contribution < 1.29 is 9.47 Å². The molecule has 22 heavy (non-hydrogen) atoms. The van der Waals surface area contributed by atoms with E-state index >= 15 is 0 Å². The lowest BCUT2D eigenvalue weighted by Gasteiger charge is -2.28. The van der Waals surface area contributed by atoms with Gasteiger partial charge >= 0.3 is 0 Å². The van der Waals surface area contributed by atoms with Gasteiger partial charge in [-0.1, -0.05) is 56.3 Å². The van der Waals surface area contributed by atoms with Crippen molar-refractivity contribution in [3.8, 4) is 0 Å². The van der Waals surface area contributed by atoms with Crippen molar-refractivity contribution in [1.29, 1.82) is 0 Å². The van der Waals surface area contributed by atoms with Crippen LogP contribution >= 0.6 is 0 Å². The highest BCUT2D eigenvalue weighted by molar-refractivity contribution is 6.83. The molecule has 124 valence electrons. The van der Waals surface area contributed by atoms with Gasteiger partial charge in [-0.05, 0) is 31.6 Å². The van der Waals surface area contributed by atoms with Crippen LogP contribution in [0, 0.1) is 5.92 Å². The average molecular weight is 321 g/mol. The summed E-state index contributed by atoms with van der Waals surface area (Å²) in [6, 6.07) is 0. The topological polar surface area (TPSA) is 18.5 Å². The molecule has 2 fully saturated rings. The first-order chi connectivity index (χ1) is 10.5. The summed E-state index contributed by atoms with van der Waals surface area (Å²) in [7, 11) is -1.34. The number of hydrogen-bond donors (Lipinski definition) is 0. The normalized spacial score (nSPS) is 37.3. The quantitative estimate of drug-likeness (QED) is 0.543. The molecule has 0 aromatic carbocycles. The highest BCUT2D eigenvalue weighted by Crippen LogP contribution is 2.39. The van der Waals surface area contributed by atoms with Crippen LogP contribution in [0.3, 0.4) is 0 Å². The summed E-state index contributed by atoms with van der Waals surface area (Å²) in [5, 5.41) is 1.50. The lowest BCUT2D eigenvalue weighted by atomic mass is 9.84. The summed E-state index contributed by atoms with van der Waals surface area (Å²) >= 11 is 0. The molecular formula is C19H32O2Si. The summed E-state index contributed by atoms with van der Waals surface area (Å²) in [5.41, 5.74) is 0. The van der Waals surface area contributed by atoms with Gasteiger partial charge in [-0.2, -0.15) is 0 Å². The molecule has 0 aromatic rings. The Labute approximate surface area is 137 Å². The second kappa shape index (κ2) is 6.62. The zero-order valence-electron chi connectivity index (χ0n) is 14.5. The molecule has 2 nitrogen and oxygen atoms in total. The van der Waals surface area contributed by atoms with E-state index in [1.165, 1.54) is 43.7 Å². The average Bonchev–Trinajstić information content (AvgIpc) is 3.14. The van der Waals surface area contributed by atoms with Crippen molar-refractivity contribution in [2.75, 3.05) is 0 Å². The highest BCUT2D eigenvalue weighted by atomic mass is 28.3. The van der Waals surface area contributed by atoms with Gasteiger partial charge in [0.15, 0.2) is 0 Å². The minimum absolute atomic E-state index is 0.119. The second-order valence-corrected chi connectivity index (χ2v) is 13.4. The Bertz CT molecular complexity index is 431. The van der Waals surface area contributed by atoms with Gasteiger partial charge in [0.2, 0.25) is 0 Å². The van der Waals surface area contributed by atoms with Gasteiger partial charge in [0.25, 0.3) is 0 Å². The number of ether oxygens (including phenoxy) is 2. The van der Waals surface area contributed by atoms with E-state index in [2.05, 4.69) is 32.3 Å². The minimum Gasteiger partial charge on any atom is -0.372 e. The van der Waals surface area contributed by atoms with Gasteiger partial charge < -0.3 is 9.47 Å². The lowest BCUT2D eigenvalue weighted by molar-refractivity contribution is -0.0645. The molecule has 4 atom stereocenters. The first-order valence-electron chi connectivity index (χ1n) is 9.14. The van der Waals surface area contributed by atoms with Crippen molar-refractivity contribution in [3.05, 3.63) is 23.9 Å². The van der Waals surface area contributed by atoms with Crippen LogP contribution in [0.2, 0.25) is 19.6 Å². The van der Waals surface area contributed by atoms with Crippen LogP contribution in [-0.2, 0) is 9.47 Å². The van der Waals surface area contributed by atoms with Crippen LogP contribution in [0.5, 0.6) is 0 Å². The maximum Gasteiger partial charge on any atom is 0.103 e. The predicted octanol–water partition coefficient (Wildman–Crippen LogP) is 4.87. The van der Waals surface area contributed by atoms with Crippen molar-refractivity contribution >= 4 is 8.07 Å². The Balaban J connectivity index is 1.63. The third kappa shape index (κ3) is 3.42. The largest absolute Gasteiger partial charge is 0.372 e. The molecule has 3 rings (SSSR count). The van der Waals surface area contributed by atoms with E-state index in [1.807, 2.05) is 6.08 Å². The van der Waals surface area contributed by atoms with E-state index in [9.17, 15) is 0 Å². The predicted molar refractivity (Wildman–Crippen MR) is 94.8 cm³/mol. The molecule has 1 saturated heterocycles. The van der Waals surface area contributed by atoms with E-state index in [4.69, 9.17) is 9.47 Å². The molecule has 0 bridgehead atoms. The minimum atomic E-state index is -1.34. The molecule has 2 heterocycles. The van der Waals surface area contributed by atoms with Gasteiger partial charge in [-0.15, -0.1) is 6.58 Å². The molecular weight excluding hydrogens is 288 g/mol. The van der Waals surface area contributed by atoms with Gasteiger partial charge in [0, 0.05) is 0 Å². The fourth-order valence-electron chi connectivity index (χ4n) is 4.39. The zero-order chi connectivity index (χ0) is 15.7. The molecule has 0 spiro atoms. The molecule has 1 aliphatic carbocycles. The molecule has 0 radical (unpaired) electrons. The SMILES string of the molecule is C=C[C@@H]1O[C@@H]([C@H]2CC[C@H](C3CCCCC3)O2)C=C1[Si](C)(C)C. The Morgan fingerprint density at radius 3 is 2.27 bits per heavy atom. The highest BCUT2D eigenvalue weighted by Gasteiger charge is 2.41. The van der Waals surface area contributed by atoms with Crippen molar-refractivity contribution in [2.45, 2.75) is 89.0 Å². The van der Waals surface area contributed by atoms with E-state index < -0.39 is 8.07 Å². The van der Waals surface area contributed by atoms with Crippen molar-refractivity contribution in [2.24, 2.45) is 5.92 Å². The van der Waals surface area contributed by atoms with Gasteiger partial charge in [0.05, 0.1) is 26.4 Å². The van der Waals surface area contributed by atoms with E-state index in [0.29, 0.717) is 6.10 Å². The fourth-order valence-corrected chi connectivity index (χ4v) is 6.10. The second-order valence-electron chi connectivity index (χ2n) is 8.32. The van der Waals surface area contributed by atoms with Crippen LogP contribution in [0.25, 0.3) is 0 Å². The number of hydrogen-bond acceptors (Lipinski definition) is 2. The molecule has 1 saturated carbocycles. The molecule has 0 amide bonds. The van der Waals surface area contributed by atoms with E-state index in [1.54, 1.807) is 0 Å². The van der Waals surface area contributed by atoms with Crippen LogP contribution in [-0.4, -0.2) is 32.5 Å². The Hall–Kier alpha value is -0.383. The van der Waals surface area contributed by atoms with Crippen molar-refractivity contribution in [1.82, 2.24) is 0 Å². The molecule has 0 aromatic heterocycles. The van der Waals surface area contributed by atoms with E-state index in [-0.39, 0.29) is 18.3 Å². The Morgan fingerprint density at radius 1 is 1.00 bits per heavy atom. The van der Waals surface area contributed by atoms with Gasteiger partial charge in [-0.25, -0.2) is 0 Å². The van der Waals surface area contributed by atoms with Crippen LogP contribution < -0.4 is 0 Å². The van der Waals surface area contributed by atoms with Crippen LogP contribution in [0.15, 0.2) is 23.9 Å². The molecule has 2 aliphatic heterocycles. The van der Waals surface area contributed by atoms with Gasteiger partial charge in [-0.3, -0.25) is 0 Å². The fraction of sp³-hybridized carbons (Fsp3) is 0.789. The van der Waals surface area contributed by atoms with Gasteiger partial charge in [0.1, 0.15) is 6.10 Å². The third-order valence-electron chi connectivity index (χ3n) is 5.66. The van der Waals surface area contributed by atoms with Crippen molar-refractivity contribution in [3.63, 3.8) is 0 Å². The van der Waals surface area contributed by atoms with Crippen LogP contribution in [0.4, 0.5) is 0 Å². The van der Waals surface area contributed by atoms with E-state index in [0.717, 1.165) is 12.3 Å². The third-order valence-corrected chi connectivity index (χ3v) is 7.84.